The molecule has 4 nitrogen and oxygen atoms in total. The number of pyridine rings is 1. The van der Waals surface area contributed by atoms with Crippen LogP contribution in [0, 0.1) is 0 Å². The van der Waals surface area contributed by atoms with Crippen molar-refractivity contribution in [3.63, 3.8) is 0 Å². The summed E-state index contributed by atoms with van der Waals surface area (Å²) in [5, 5.41) is 0.889. The van der Waals surface area contributed by atoms with Gasteiger partial charge in [-0.15, -0.1) is 11.3 Å². The lowest BCUT2D eigenvalue weighted by Gasteiger charge is -2.19. The van der Waals surface area contributed by atoms with Crippen LogP contribution in [-0.2, 0) is 0 Å². The number of nitrogen functional groups attached to an aromatic ring is 1. The Morgan fingerprint density at radius 2 is 2.26 bits per heavy atom. The number of anilines is 1. The zero-order valence-corrected chi connectivity index (χ0v) is 12.1. The molecule has 0 saturated carbocycles. The third-order valence-electron chi connectivity index (χ3n) is 3.21. The maximum atomic E-state index is 12.6. The van der Waals surface area contributed by atoms with Crippen molar-refractivity contribution in [3.05, 3.63) is 23.2 Å². The molecule has 19 heavy (non-hydrogen) atoms. The summed E-state index contributed by atoms with van der Waals surface area (Å²) in [5.74, 6) is 2.20. The van der Waals surface area contributed by atoms with Gasteiger partial charge in [0.15, 0.2) is 0 Å². The van der Waals surface area contributed by atoms with Gasteiger partial charge in [-0.2, -0.15) is 11.8 Å². The Balaban J connectivity index is 1.94. The van der Waals surface area contributed by atoms with Crippen molar-refractivity contribution in [2.75, 3.05) is 30.3 Å². The fourth-order valence-corrected chi connectivity index (χ4v) is 4.12. The summed E-state index contributed by atoms with van der Waals surface area (Å²) in [5.41, 5.74) is 6.68. The standard InChI is InChI=1S/C13H15N3OS2/c14-10-9-3-1-4-15-12(9)19-11(10)13(17)16-5-2-7-18-8-6-16/h1,3-4H,2,5-8,14H2. The Bertz CT molecular complexity index is 603. The highest BCUT2D eigenvalue weighted by Gasteiger charge is 2.23. The second-order valence-corrected chi connectivity index (χ2v) is 6.68. The van der Waals surface area contributed by atoms with Crippen molar-refractivity contribution in [3.8, 4) is 0 Å². The van der Waals surface area contributed by atoms with Crippen LogP contribution in [0.5, 0.6) is 0 Å². The topological polar surface area (TPSA) is 59.2 Å². The molecular weight excluding hydrogens is 278 g/mol. The Labute approximate surface area is 120 Å². The molecule has 2 aromatic heterocycles. The summed E-state index contributed by atoms with van der Waals surface area (Å²) < 4.78 is 0. The van der Waals surface area contributed by atoms with E-state index in [0.717, 1.165) is 41.2 Å². The van der Waals surface area contributed by atoms with Gasteiger partial charge in [-0.05, 0) is 24.3 Å². The van der Waals surface area contributed by atoms with E-state index >= 15 is 0 Å². The Hall–Kier alpha value is -1.27. The lowest BCUT2D eigenvalue weighted by Crippen LogP contribution is -2.32. The van der Waals surface area contributed by atoms with Gasteiger partial charge in [0.1, 0.15) is 9.71 Å². The third-order valence-corrected chi connectivity index (χ3v) is 5.37. The number of amides is 1. The molecule has 0 unspecified atom stereocenters. The highest BCUT2D eigenvalue weighted by molar-refractivity contribution is 7.99. The number of thiophene rings is 1. The summed E-state index contributed by atoms with van der Waals surface area (Å²) in [6.45, 7) is 1.64. The van der Waals surface area contributed by atoms with E-state index in [1.54, 1.807) is 6.20 Å². The summed E-state index contributed by atoms with van der Waals surface area (Å²) in [6, 6.07) is 3.77. The smallest absolute Gasteiger partial charge is 0.266 e. The monoisotopic (exact) mass is 293 g/mol. The van der Waals surface area contributed by atoms with Gasteiger partial charge in [0.05, 0.1) is 5.69 Å². The summed E-state index contributed by atoms with van der Waals surface area (Å²) in [6.07, 6.45) is 2.79. The number of hydrogen-bond donors (Lipinski definition) is 1. The number of hydrogen-bond acceptors (Lipinski definition) is 5. The number of fused-ring (bicyclic) bond motifs is 1. The number of aromatic nitrogens is 1. The molecule has 0 aromatic carbocycles. The molecule has 2 N–H and O–H groups in total. The maximum absolute atomic E-state index is 12.6. The van der Waals surface area contributed by atoms with Gasteiger partial charge in [-0.3, -0.25) is 4.79 Å². The van der Waals surface area contributed by atoms with Gasteiger partial charge in [0, 0.05) is 30.4 Å². The molecule has 3 heterocycles. The Morgan fingerprint density at radius 1 is 1.37 bits per heavy atom. The van der Waals surface area contributed by atoms with Crippen LogP contribution in [0.4, 0.5) is 5.69 Å². The van der Waals surface area contributed by atoms with Crippen LogP contribution in [-0.4, -0.2) is 40.4 Å². The molecule has 1 aliphatic rings. The van der Waals surface area contributed by atoms with Gasteiger partial charge < -0.3 is 10.6 Å². The molecular formula is C13H15N3OS2. The molecule has 0 aliphatic carbocycles. The summed E-state index contributed by atoms with van der Waals surface area (Å²) in [4.78, 5) is 20.2. The first kappa shape index (κ1) is 12.7. The van der Waals surface area contributed by atoms with Crippen molar-refractivity contribution in [1.82, 2.24) is 9.88 Å². The molecule has 0 radical (unpaired) electrons. The first-order valence-electron chi connectivity index (χ1n) is 6.27. The highest BCUT2D eigenvalue weighted by atomic mass is 32.2. The number of carbonyl (C=O) groups excluding carboxylic acids is 1. The number of nitrogens with two attached hydrogens (primary N) is 1. The molecule has 3 rings (SSSR count). The van der Waals surface area contributed by atoms with Crippen LogP contribution < -0.4 is 5.73 Å². The van der Waals surface area contributed by atoms with Crippen LogP contribution in [0.3, 0.4) is 0 Å². The number of nitrogens with zero attached hydrogens (tertiary/aromatic N) is 2. The largest absolute Gasteiger partial charge is 0.397 e. The molecule has 0 bridgehead atoms. The van der Waals surface area contributed by atoms with Gasteiger partial charge in [0.2, 0.25) is 0 Å². The van der Waals surface area contributed by atoms with Gasteiger partial charge >= 0.3 is 0 Å². The minimum atomic E-state index is 0.0583. The van der Waals surface area contributed by atoms with Gasteiger partial charge in [-0.25, -0.2) is 4.98 Å². The fraction of sp³-hybridized carbons (Fsp3) is 0.385. The van der Waals surface area contributed by atoms with E-state index in [4.69, 9.17) is 5.73 Å². The zero-order valence-electron chi connectivity index (χ0n) is 10.5. The van der Waals surface area contributed by atoms with E-state index in [9.17, 15) is 4.79 Å². The minimum Gasteiger partial charge on any atom is -0.397 e. The van der Waals surface area contributed by atoms with E-state index in [1.807, 2.05) is 28.8 Å². The Kier molecular flexibility index (Phi) is 3.61. The summed E-state index contributed by atoms with van der Waals surface area (Å²) in [7, 11) is 0. The van der Waals surface area contributed by atoms with Crippen molar-refractivity contribution in [2.24, 2.45) is 0 Å². The second kappa shape index (κ2) is 5.38. The van der Waals surface area contributed by atoms with Crippen LogP contribution in [0.15, 0.2) is 18.3 Å². The molecule has 1 saturated heterocycles. The van der Waals surface area contributed by atoms with E-state index < -0.39 is 0 Å². The number of rotatable bonds is 1. The van der Waals surface area contributed by atoms with E-state index in [0.29, 0.717) is 10.6 Å². The summed E-state index contributed by atoms with van der Waals surface area (Å²) >= 11 is 3.31. The number of carbonyl (C=O) groups is 1. The van der Waals surface area contributed by atoms with E-state index in [1.165, 1.54) is 11.3 Å². The molecule has 0 atom stereocenters. The quantitative estimate of drug-likeness (QED) is 0.877. The maximum Gasteiger partial charge on any atom is 0.266 e. The van der Waals surface area contributed by atoms with Crippen molar-refractivity contribution >= 4 is 44.9 Å². The predicted molar refractivity (Wildman–Crippen MR) is 81.9 cm³/mol. The van der Waals surface area contributed by atoms with E-state index in [-0.39, 0.29) is 5.91 Å². The zero-order chi connectivity index (χ0) is 13.2. The SMILES string of the molecule is Nc1c(C(=O)N2CCCSCC2)sc2ncccc12. The average molecular weight is 293 g/mol. The van der Waals surface area contributed by atoms with Gasteiger partial charge in [-0.1, -0.05) is 0 Å². The van der Waals surface area contributed by atoms with Crippen molar-refractivity contribution < 1.29 is 4.79 Å². The predicted octanol–water partition coefficient (Wildman–Crippen LogP) is 2.46. The first-order valence-corrected chi connectivity index (χ1v) is 8.24. The lowest BCUT2D eigenvalue weighted by molar-refractivity contribution is 0.0774. The second-order valence-electron chi connectivity index (χ2n) is 4.46. The third kappa shape index (κ3) is 2.42. The Morgan fingerprint density at radius 3 is 3.11 bits per heavy atom. The van der Waals surface area contributed by atoms with Crippen LogP contribution in [0.25, 0.3) is 10.2 Å². The minimum absolute atomic E-state index is 0.0583. The highest BCUT2D eigenvalue weighted by Crippen LogP contribution is 2.33. The molecule has 100 valence electrons. The van der Waals surface area contributed by atoms with Crippen LogP contribution >= 0.6 is 23.1 Å². The van der Waals surface area contributed by atoms with Gasteiger partial charge in [0.25, 0.3) is 5.91 Å². The van der Waals surface area contributed by atoms with Crippen molar-refractivity contribution in [2.45, 2.75) is 6.42 Å². The van der Waals surface area contributed by atoms with Crippen LogP contribution in [0.1, 0.15) is 16.1 Å². The fourth-order valence-electron chi connectivity index (χ4n) is 2.20. The normalized spacial score (nSPS) is 16.5. The molecule has 2 aromatic rings. The van der Waals surface area contributed by atoms with Crippen molar-refractivity contribution in [1.29, 1.82) is 0 Å². The molecule has 1 fully saturated rings. The first-order chi connectivity index (χ1) is 9.27. The number of thioether (sulfide) groups is 1. The lowest BCUT2D eigenvalue weighted by atomic mass is 10.2. The molecule has 0 spiro atoms. The molecule has 1 aliphatic heterocycles. The average Bonchev–Trinajstić information content (AvgIpc) is 2.64. The van der Waals surface area contributed by atoms with E-state index in [2.05, 4.69) is 4.98 Å². The molecule has 6 heteroatoms. The van der Waals surface area contributed by atoms with Crippen LogP contribution in [0.2, 0.25) is 0 Å². The molecule has 1 amide bonds.